The summed E-state index contributed by atoms with van der Waals surface area (Å²) in [6, 6.07) is 3.44. The number of amides is 1. The monoisotopic (exact) mass is 196 g/mol. The van der Waals surface area contributed by atoms with Crippen LogP contribution in [0.1, 0.15) is 17.3 Å². The molecule has 0 radical (unpaired) electrons. The lowest BCUT2D eigenvalue weighted by Crippen LogP contribution is -2.24. The molecule has 0 aromatic heterocycles. The van der Waals surface area contributed by atoms with Crippen LogP contribution >= 0.6 is 0 Å². The van der Waals surface area contributed by atoms with Gasteiger partial charge >= 0.3 is 0 Å². The Morgan fingerprint density at radius 2 is 2.07 bits per heavy atom. The van der Waals surface area contributed by atoms with Crippen molar-refractivity contribution < 1.29 is 19.1 Å². The molecule has 0 aliphatic rings. The minimum absolute atomic E-state index is 0.361. The van der Waals surface area contributed by atoms with Crippen molar-refractivity contribution in [1.29, 1.82) is 0 Å². The summed E-state index contributed by atoms with van der Waals surface area (Å²) in [7, 11) is 0. The fourth-order valence-corrected chi connectivity index (χ4v) is 0.997. The second-order valence-electron chi connectivity index (χ2n) is 2.63. The smallest absolute Gasteiger partial charge is 0.221 e. The molecule has 5 heteroatoms. The van der Waals surface area contributed by atoms with Gasteiger partial charge in [0.2, 0.25) is 5.91 Å². The van der Waals surface area contributed by atoms with E-state index in [2.05, 4.69) is 5.32 Å². The average molecular weight is 196 g/mol. The quantitative estimate of drug-likeness (QED) is 0.731. The number of benzene rings is 1. The summed E-state index contributed by atoms with van der Waals surface area (Å²) in [5, 5.41) is 12.6. The highest BCUT2D eigenvalue weighted by atomic mass is 19.1. The molecular formula is C9H7FNO3-. The van der Waals surface area contributed by atoms with Crippen molar-refractivity contribution in [2.45, 2.75) is 6.92 Å². The normalized spacial score (nSPS) is 9.57. The van der Waals surface area contributed by atoms with Gasteiger partial charge in [-0.1, -0.05) is 12.1 Å². The maximum Gasteiger partial charge on any atom is 0.221 e. The Hall–Kier alpha value is -1.91. The Kier molecular flexibility index (Phi) is 2.81. The van der Waals surface area contributed by atoms with Crippen LogP contribution in [0.3, 0.4) is 0 Å². The largest absolute Gasteiger partial charge is 0.545 e. The summed E-state index contributed by atoms with van der Waals surface area (Å²) in [5.74, 6) is -2.88. The second-order valence-corrected chi connectivity index (χ2v) is 2.63. The Labute approximate surface area is 79.4 Å². The lowest BCUT2D eigenvalue weighted by Gasteiger charge is -2.10. The highest BCUT2D eigenvalue weighted by molar-refractivity contribution is 5.99. The van der Waals surface area contributed by atoms with Crippen molar-refractivity contribution in [2.75, 3.05) is 5.32 Å². The van der Waals surface area contributed by atoms with Crippen LogP contribution in [0.5, 0.6) is 0 Å². The molecule has 4 nitrogen and oxygen atoms in total. The van der Waals surface area contributed by atoms with E-state index in [0.717, 1.165) is 19.1 Å². The van der Waals surface area contributed by atoms with Crippen molar-refractivity contribution >= 4 is 17.6 Å². The average Bonchev–Trinajstić information content (AvgIpc) is 2.07. The Balaban J connectivity index is 3.22. The third kappa shape index (κ3) is 2.07. The van der Waals surface area contributed by atoms with Crippen molar-refractivity contribution in [3.05, 3.63) is 29.6 Å². The molecule has 1 N–H and O–H groups in total. The lowest BCUT2D eigenvalue weighted by atomic mass is 10.1. The van der Waals surface area contributed by atoms with Gasteiger partial charge in [0.05, 0.1) is 11.7 Å². The summed E-state index contributed by atoms with van der Waals surface area (Å²) in [5.41, 5.74) is -0.736. The van der Waals surface area contributed by atoms with Gasteiger partial charge in [-0.15, -0.1) is 0 Å². The van der Waals surface area contributed by atoms with Gasteiger partial charge in [-0.3, -0.25) is 4.79 Å². The van der Waals surface area contributed by atoms with E-state index < -0.39 is 17.7 Å². The molecule has 1 aromatic carbocycles. The summed E-state index contributed by atoms with van der Waals surface area (Å²) in [6.07, 6.45) is 0. The van der Waals surface area contributed by atoms with E-state index >= 15 is 0 Å². The Bertz CT molecular complexity index is 390. The van der Waals surface area contributed by atoms with Crippen LogP contribution in [-0.2, 0) is 4.79 Å². The van der Waals surface area contributed by atoms with Gasteiger partial charge in [0.25, 0.3) is 0 Å². The van der Waals surface area contributed by atoms with Gasteiger partial charge in [0.1, 0.15) is 5.82 Å². The fraction of sp³-hybridized carbons (Fsp3) is 0.111. The first kappa shape index (κ1) is 10.2. The van der Waals surface area contributed by atoms with E-state index in [4.69, 9.17) is 0 Å². The minimum atomic E-state index is -1.53. The van der Waals surface area contributed by atoms with Crippen LogP contribution in [0, 0.1) is 5.82 Å². The van der Waals surface area contributed by atoms with E-state index in [-0.39, 0.29) is 11.3 Å². The molecule has 1 rings (SSSR count). The van der Waals surface area contributed by atoms with E-state index in [0.29, 0.717) is 0 Å². The molecule has 0 aliphatic carbocycles. The molecule has 74 valence electrons. The summed E-state index contributed by atoms with van der Waals surface area (Å²) in [6.45, 7) is 1.16. The van der Waals surface area contributed by atoms with Gasteiger partial charge < -0.3 is 15.2 Å². The van der Waals surface area contributed by atoms with Crippen LogP contribution in [0.4, 0.5) is 10.1 Å². The maximum absolute atomic E-state index is 13.1. The van der Waals surface area contributed by atoms with Gasteiger partial charge in [-0.05, 0) is 6.07 Å². The van der Waals surface area contributed by atoms with Crippen LogP contribution < -0.4 is 10.4 Å². The first-order valence-corrected chi connectivity index (χ1v) is 3.80. The number of anilines is 1. The lowest BCUT2D eigenvalue weighted by molar-refractivity contribution is -0.254. The molecule has 0 spiro atoms. The highest BCUT2D eigenvalue weighted by Gasteiger charge is 2.09. The van der Waals surface area contributed by atoms with Gasteiger partial charge in [0, 0.05) is 12.5 Å². The van der Waals surface area contributed by atoms with Crippen molar-refractivity contribution in [2.24, 2.45) is 0 Å². The van der Waals surface area contributed by atoms with Crippen LogP contribution in [0.25, 0.3) is 0 Å². The van der Waals surface area contributed by atoms with Crippen LogP contribution in [0.2, 0.25) is 0 Å². The van der Waals surface area contributed by atoms with Crippen LogP contribution in [-0.4, -0.2) is 11.9 Å². The number of carboxylic acids is 1. The molecular weight excluding hydrogens is 189 g/mol. The summed E-state index contributed by atoms with van der Waals surface area (Å²) in [4.78, 5) is 21.2. The second kappa shape index (κ2) is 3.87. The molecule has 0 heterocycles. The molecule has 0 fully saturated rings. The molecule has 0 atom stereocenters. The van der Waals surface area contributed by atoms with Gasteiger partial charge in [-0.2, -0.15) is 0 Å². The first-order valence-electron chi connectivity index (χ1n) is 3.80. The van der Waals surface area contributed by atoms with Crippen LogP contribution in [0.15, 0.2) is 18.2 Å². The van der Waals surface area contributed by atoms with Crippen molar-refractivity contribution in [3.63, 3.8) is 0 Å². The fourth-order valence-electron chi connectivity index (χ4n) is 0.997. The molecule has 1 aromatic rings. The van der Waals surface area contributed by atoms with Gasteiger partial charge in [0.15, 0.2) is 0 Å². The van der Waals surface area contributed by atoms with Crippen molar-refractivity contribution in [3.8, 4) is 0 Å². The minimum Gasteiger partial charge on any atom is -0.545 e. The maximum atomic E-state index is 13.1. The predicted octanol–water partition coefficient (Wildman–Crippen LogP) is 0.148. The number of hydrogen-bond acceptors (Lipinski definition) is 3. The number of halogens is 1. The molecule has 0 aliphatic heterocycles. The number of para-hydroxylation sites is 1. The van der Waals surface area contributed by atoms with E-state index in [1.807, 2.05) is 0 Å². The third-order valence-electron chi connectivity index (χ3n) is 1.53. The number of carbonyl (C=O) groups excluding carboxylic acids is 2. The summed E-state index contributed by atoms with van der Waals surface area (Å²) >= 11 is 0. The molecule has 0 unspecified atom stereocenters. The Morgan fingerprint density at radius 3 is 2.57 bits per heavy atom. The highest BCUT2D eigenvalue weighted by Crippen LogP contribution is 2.18. The number of carbonyl (C=O) groups is 2. The number of rotatable bonds is 2. The third-order valence-corrected chi connectivity index (χ3v) is 1.53. The standard InChI is InChI=1S/C9H8FNO3/c1-5(12)11-8-6(9(13)14)3-2-4-7(8)10/h2-4H,1H3,(H,11,12)(H,13,14)/p-1. The number of carboxylic acid groups (broad SMARTS) is 1. The molecule has 0 bridgehead atoms. The topological polar surface area (TPSA) is 69.2 Å². The zero-order chi connectivity index (χ0) is 10.7. The van der Waals surface area contributed by atoms with E-state index in [1.165, 1.54) is 6.07 Å². The zero-order valence-electron chi connectivity index (χ0n) is 7.33. The molecule has 0 saturated carbocycles. The van der Waals surface area contributed by atoms with Gasteiger partial charge in [-0.25, -0.2) is 4.39 Å². The summed E-state index contributed by atoms with van der Waals surface area (Å²) < 4.78 is 13.1. The number of hydrogen-bond donors (Lipinski definition) is 1. The van der Waals surface area contributed by atoms with Crippen molar-refractivity contribution in [1.82, 2.24) is 0 Å². The predicted molar refractivity (Wildman–Crippen MR) is 45.0 cm³/mol. The molecule has 0 saturated heterocycles. The van der Waals surface area contributed by atoms with E-state index in [1.54, 1.807) is 0 Å². The number of nitrogens with one attached hydrogen (secondary N) is 1. The molecule has 14 heavy (non-hydrogen) atoms. The van der Waals surface area contributed by atoms with E-state index in [9.17, 15) is 19.1 Å². The number of aromatic carboxylic acids is 1. The first-order chi connectivity index (χ1) is 6.52. The SMILES string of the molecule is CC(=O)Nc1c(F)cccc1C(=O)[O-]. The molecule has 1 amide bonds. The Morgan fingerprint density at radius 1 is 1.43 bits per heavy atom. The zero-order valence-corrected chi connectivity index (χ0v) is 7.33.